The summed E-state index contributed by atoms with van der Waals surface area (Å²) < 4.78 is 10.7. The number of rotatable bonds is 6. The van der Waals surface area contributed by atoms with Crippen molar-refractivity contribution in [3.05, 3.63) is 59.7 Å². The van der Waals surface area contributed by atoms with Crippen molar-refractivity contribution in [3.8, 4) is 11.5 Å². The molecule has 0 amide bonds. The van der Waals surface area contributed by atoms with Crippen LogP contribution in [0.25, 0.3) is 0 Å². The van der Waals surface area contributed by atoms with Gasteiger partial charge in [-0.15, -0.1) is 0 Å². The molecule has 0 aliphatic carbocycles. The van der Waals surface area contributed by atoms with Gasteiger partial charge in [0, 0.05) is 0 Å². The lowest BCUT2D eigenvalue weighted by molar-refractivity contribution is -0.141. The maximum Gasteiger partial charge on any atom is 0.352 e. The number of carboxylic acids is 1. The first-order valence-corrected chi connectivity index (χ1v) is 7.31. The van der Waals surface area contributed by atoms with Gasteiger partial charge in [-0.05, 0) is 43.2 Å². The van der Waals surface area contributed by atoms with Crippen LogP contribution in [0.1, 0.15) is 29.8 Å². The Kier molecular flexibility index (Phi) is 5.36. The number of carboxylic acid groups (broad SMARTS) is 1. The van der Waals surface area contributed by atoms with Crippen LogP contribution in [0.2, 0.25) is 0 Å². The minimum absolute atomic E-state index is 0.00165. The zero-order chi connectivity index (χ0) is 16.8. The molecule has 2 aromatic rings. The number of esters is 1. The number of hydrogen-bond acceptors (Lipinski definition) is 4. The van der Waals surface area contributed by atoms with Crippen molar-refractivity contribution in [2.75, 3.05) is 0 Å². The molecule has 0 saturated heterocycles. The second-order valence-corrected chi connectivity index (χ2v) is 4.98. The molecular formula is C18H18O5. The molecule has 1 N–H and O–H groups in total. The van der Waals surface area contributed by atoms with Crippen molar-refractivity contribution in [2.45, 2.75) is 26.4 Å². The van der Waals surface area contributed by atoms with Crippen molar-refractivity contribution in [3.63, 3.8) is 0 Å². The van der Waals surface area contributed by atoms with Crippen LogP contribution in [0, 0.1) is 0 Å². The highest BCUT2D eigenvalue weighted by atomic mass is 16.6. The lowest BCUT2D eigenvalue weighted by Gasteiger charge is -2.15. The number of para-hydroxylation sites is 1. The second kappa shape index (κ2) is 7.45. The maximum atomic E-state index is 12.1. The van der Waals surface area contributed by atoms with Gasteiger partial charge in [0.15, 0.2) is 6.10 Å². The number of carbonyl (C=O) groups is 2. The molecule has 0 aliphatic rings. The van der Waals surface area contributed by atoms with E-state index in [9.17, 15) is 9.59 Å². The molecule has 1 atom stereocenters. The third-order valence-corrected chi connectivity index (χ3v) is 3.30. The number of aromatic carboxylic acids is 1. The predicted octanol–water partition coefficient (Wildman–Crippen LogP) is 3.32. The van der Waals surface area contributed by atoms with Crippen molar-refractivity contribution in [1.82, 2.24) is 0 Å². The normalized spacial score (nSPS) is 11.6. The predicted molar refractivity (Wildman–Crippen MR) is 84.9 cm³/mol. The SMILES string of the molecule is CCc1ccc(OC(C)C(=O)Oc2ccccc2C(=O)O)cc1. The van der Waals surface area contributed by atoms with Gasteiger partial charge in [-0.25, -0.2) is 9.59 Å². The fraction of sp³-hybridized carbons (Fsp3) is 0.222. The van der Waals surface area contributed by atoms with E-state index in [1.807, 2.05) is 12.1 Å². The van der Waals surface area contributed by atoms with Gasteiger partial charge in [0.2, 0.25) is 0 Å². The smallest absolute Gasteiger partial charge is 0.352 e. The lowest BCUT2D eigenvalue weighted by Crippen LogP contribution is -2.29. The molecule has 0 aromatic heterocycles. The van der Waals surface area contributed by atoms with E-state index in [1.54, 1.807) is 31.2 Å². The zero-order valence-electron chi connectivity index (χ0n) is 13.0. The fourth-order valence-corrected chi connectivity index (χ4v) is 1.98. The maximum absolute atomic E-state index is 12.1. The fourth-order valence-electron chi connectivity index (χ4n) is 1.98. The quantitative estimate of drug-likeness (QED) is 0.654. The monoisotopic (exact) mass is 314 g/mol. The van der Waals surface area contributed by atoms with E-state index in [2.05, 4.69) is 6.92 Å². The van der Waals surface area contributed by atoms with Crippen LogP contribution < -0.4 is 9.47 Å². The third kappa shape index (κ3) is 4.32. The molecule has 0 aliphatic heterocycles. The summed E-state index contributed by atoms with van der Waals surface area (Å²) in [4.78, 5) is 23.2. The summed E-state index contributed by atoms with van der Waals surface area (Å²) in [5, 5.41) is 9.08. The minimum Gasteiger partial charge on any atom is -0.479 e. The molecule has 0 fully saturated rings. The molecule has 23 heavy (non-hydrogen) atoms. The summed E-state index contributed by atoms with van der Waals surface area (Å²) in [6.45, 7) is 3.61. The van der Waals surface area contributed by atoms with E-state index in [4.69, 9.17) is 14.6 Å². The van der Waals surface area contributed by atoms with Crippen LogP contribution in [0.15, 0.2) is 48.5 Å². The molecule has 0 saturated carbocycles. The Hall–Kier alpha value is -2.82. The highest BCUT2D eigenvalue weighted by Gasteiger charge is 2.20. The van der Waals surface area contributed by atoms with Crippen LogP contribution in [-0.2, 0) is 11.2 Å². The molecule has 5 heteroatoms. The Morgan fingerprint density at radius 3 is 2.35 bits per heavy atom. The molecule has 0 spiro atoms. The Morgan fingerprint density at radius 1 is 1.09 bits per heavy atom. The van der Waals surface area contributed by atoms with Crippen molar-refractivity contribution in [1.29, 1.82) is 0 Å². The lowest BCUT2D eigenvalue weighted by atomic mass is 10.2. The highest BCUT2D eigenvalue weighted by molar-refractivity contribution is 5.92. The standard InChI is InChI=1S/C18H18O5/c1-3-13-8-10-14(11-9-13)22-12(2)18(21)23-16-7-5-4-6-15(16)17(19)20/h4-12H,3H2,1-2H3,(H,19,20). The summed E-state index contributed by atoms with van der Waals surface area (Å²) >= 11 is 0. The van der Waals surface area contributed by atoms with Gasteiger partial charge in [-0.3, -0.25) is 0 Å². The average molecular weight is 314 g/mol. The Morgan fingerprint density at radius 2 is 1.74 bits per heavy atom. The molecular weight excluding hydrogens is 296 g/mol. The van der Waals surface area contributed by atoms with E-state index in [0.717, 1.165) is 6.42 Å². The molecule has 0 bridgehead atoms. The minimum atomic E-state index is -1.16. The average Bonchev–Trinajstić information content (AvgIpc) is 2.55. The summed E-state index contributed by atoms with van der Waals surface area (Å²) in [5.74, 6) is -1.25. The molecule has 2 aromatic carbocycles. The van der Waals surface area contributed by atoms with Gasteiger partial charge >= 0.3 is 11.9 Å². The van der Waals surface area contributed by atoms with Crippen molar-refractivity contribution < 1.29 is 24.2 Å². The van der Waals surface area contributed by atoms with Gasteiger partial charge < -0.3 is 14.6 Å². The zero-order valence-corrected chi connectivity index (χ0v) is 13.0. The summed E-state index contributed by atoms with van der Waals surface area (Å²) in [6.07, 6.45) is 0.0634. The first-order chi connectivity index (χ1) is 11.0. The van der Waals surface area contributed by atoms with E-state index in [0.29, 0.717) is 5.75 Å². The van der Waals surface area contributed by atoms with Gasteiger partial charge in [0.25, 0.3) is 0 Å². The van der Waals surface area contributed by atoms with E-state index < -0.39 is 18.0 Å². The van der Waals surface area contributed by atoms with E-state index in [1.165, 1.54) is 17.7 Å². The summed E-state index contributed by atoms with van der Waals surface area (Å²) in [5.41, 5.74) is 1.10. The van der Waals surface area contributed by atoms with Crippen LogP contribution in [-0.4, -0.2) is 23.1 Å². The Balaban J connectivity index is 2.04. The van der Waals surface area contributed by atoms with Gasteiger partial charge in [-0.1, -0.05) is 31.2 Å². The molecule has 1 unspecified atom stereocenters. The van der Waals surface area contributed by atoms with Gasteiger partial charge in [-0.2, -0.15) is 0 Å². The molecule has 120 valence electrons. The molecule has 2 rings (SSSR count). The highest BCUT2D eigenvalue weighted by Crippen LogP contribution is 2.20. The molecule has 0 radical (unpaired) electrons. The first kappa shape index (κ1) is 16.5. The van der Waals surface area contributed by atoms with Crippen LogP contribution >= 0.6 is 0 Å². The number of benzene rings is 2. The van der Waals surface area contributed by atoms with Crippen LogP contribution in [0.5, 0.6) is 11.5 Å². The molecule has 5 nitrogen and oxygen atoms in total. The van der Waals surface area contributed by atoms with Crippen molar-refractivity contribution in [2.24, 2.45) is 0 Å². The number of aryl methyl sites for hydroxylation is 1. The Labute approximate surface area is 134 Å². The third-order valence-electron chi connectivity index (χ3n) is 3.30. The largest absolute Gasteiger partial charge is 0.479 e. The number of hydrogen-bond donors (Lipinski definition) is 1. The summed E-state index contributed by atoms with van der Waals surface area (Å²) in [6, 6.07) is 13.4. The topological polar surface area (TPSA) is 72.8 Å². The molecule has 0 heterocycles. The second-order valence-electron chi connectivity index (χ2n) is 4.98. The van der Waals surface area contributed by atoms with E-state index in [-0.39, 0.29) is 11.3 Å². The van der Waals surface area contributed by atoms with Crippen LogP contribution in [0.3, 0.4) is 0 Å². The Bertz CT molecular complexity index is 691. The number of carbonyl (C=O) groups excluding carboxylic acids is 1. The van der Waals surface area contributed by atoms with Gasteiger partial charge in [0.05, 0.1) is 0 Å². The summed E-state index contributed by atoms with van der Waals surface area (Å²) in [7, 11) is 0. The van der Waals surface area contributed by atoms with Crippen molar-refractivity contribution >= 4 is 11.9 Å². The van der Waals surface area contributed by atoms with Crippen LogP contribution in [0.4, 0.5) is 0 Å². The van der Waals surface area contributed by atoms with Gasteiger partial charge in [0.1, 0.15) is 17.1 Å². The van der Waals surface area contributed by atoms with E-state index >= 15 is 0 Å². The first-order valence-electron chi connectivity index (χ1n) is 7.31. The number of ether oxygens (including phenoxy) is 2.